The van der Waals surface area contributed by atoms with Gasteiger partial charge in [0, 0.05) is 74.7 Å². The molecule has 12 aromatic rings. The minimum absolute atomic E-state index is 1.07. The van der Waals surface area contributed by atoms with Crippen LogP contribution in [-0.2, 0) is 0 Å². The van der Waals surface area contributed by atoms with Crippen molar-refractivity contribution in [2.45, 2.75) is 12.8 Å². The number of nitrogens with zero attached hydrogens (tertiary/aromatic N) is 3. The van der Waals surface area contributed by atoms with Crippen LogP contribution in [0.3, 0.4) is 0 Å². The van der Waals surface area contributed by atoms with E-state index in [4.69, 9.17) is 0 Å². The van der Waals surface area contributed by atoms with Gasteiger partial charge in [-0.05, 0) is 103 Å². The van der Waals surface area contributed by atoms with Crippen molar-refractivity contribution in [3.05, 3.63) is 186 Å². The van der Waals surface area contributed by atoms with Crippen molar-refractivity contribution < 1.29 is 0 Å². The van der Waals surface area contributed by atoms with E-state index in [9.17, 15) is 0 Å². The standard InChI is InChI=1S/C54H35N3S/c1-6-19-47-39(14-1)40-15-2-7-20-48(40)55(47)36-25-27-37(28-26-36)56-49-21-8-3-16-41(49)45-32-46-42-17-4-9-22-50(42)57(52(46)33-51(45)56)38-13-11-12-34(30-38)35-24-29-44-43-18-5-10-23-53(43)58-54(44)31-35/h1,3-6,8-33H,2,7H2. The molecule has 58 heavy (non-hydrogen) atoms. The molecule has 0 bridgehead atoms. The first-order valence-electron chi connectivity index (χ1n) is 20.2. The lowest BCUT2D eigenvalue weighted by atomic mass is 10.0. The summed E-state index contributed by atoms with van der Waals surface area (Å²) in [6, 6.07) is 65.3. The van der Waals surface area contributed by atoms with Crippen LogP contribution in [0.25, 0.3) is 115 Å². The number of para-hydroxylation sites is 3. The third-order valence-electron chi connectivity index (χ3n) is 12.5. The summed E-state index contributed by atoms with van der Waals surface area (Å²) in [6.45, 7) is 0. The molecule has 0 radical (unpaired) electrons. The maximum atomic E-state index is 2.46. The Bertz CT molecular complexity index is 3800. The Kier molecular flexibility index (Phi) is 6.72. The fraction of sp³-hybridized carbons (Fsp3) is 0.0370. The predicted octanol–water partition coefficient (Wildman–Crippen LogP) is 13.2. The molecule has 13 rings (SSSR count). The van der Waals surface area contributed by atoms with E-state index in [0.29, 0.717) is 0 Å². The molecule has 3 nitrogen and oxygen atoms in total. The molecule has 1 aliphatic rings. The summed E-state index contributed by atoms with van der Waals surface area (Å²) >= 11 is 1.87. The number of fused-ring (bicyclic) bond motifs is 12. The summed E-state index contributed by atoms with van der Waals surface area (Å²) in [7, 11) is 0. The highest BCUT2D eigenvalue weighted by Crippen LogP contribution is 2.41. The summed E-state index contributed by atoms with van der Waals surface area (Å²) in [5, 5.41) is 11.7. The van der Waals surface area contributed by atoms with Crippen molar-refractivity contribution in [3.8, 4) is 28.2 Å². The first-order chi connectivity index (χ1) is 28.8. The average Bonchev–Trinajstić information content (AvgIpc) is 4.02. The molecule has 4 heteroatoms. The van der Waals surface area contributed by atoms with Gasteiger partial charge in [-0.1, -0.05) is 109 Å². The fourth-order valence-corrected chi connectivity index (χ4v) is 11.0. The highest BCUT2D eigenvalue weighted by Gasteiger charge is 2.19. The van der Waals surface area contributed by atoms with Crippen LogP contribution in [0.2, 0.25) is 0 Å². The van der Waals surface area contributed by atoms with E-state index < -0.39 is 0 Å². The highest BCUT2D eigenvalue weighted by molar-refractivity contribution is 7.25. The summed E-state index contributed by atoms with van der Waals surface area (Å²) < 4.78 is 10.0. The van der Waals surface area contributed by atoms with Crippen LogP contribution in [-0.4, -0.2) is 13.7 Å². The molecule has 0 unspecified atom stereocenters. The normalized spacial score (nSPS) is 13.0. The quantitative estimate of drug-likeness (QED) is 0.170. The lowest BCUT2D eigenvalue weighted by Crippen LogP contribution is -2.30. The molecule has 272 valence electrons. The largest absolute Gasteiger partial charge is 0.310 e. The van der Waals surface area contributed by atoms with E-state index in [0.717, 1.165) is 24.2 Å². The number of hydrogen-bond acceptors (Lipinski definition) is 1. The third kappa shape index (κ3) is 4.55. The monoisotopic (exact) mass is 757 g/mol. The first kappa shape index (κ1) is 32.0. The highest BCUT2D eigenvalue weighted by atomic mass is 32.1. The van der Waals surface area contributed by atoms with Gasteiger partial charge in [0.25, 0.3) is 0 Å². The average molecular weight is 758 g/mol. The zero-order valence-electron chi connectivity index (χ0n) is 31.6. The molecule has 0 atom stereocenters. The van der Waals surface area contributed by atoms with Gasteiger partial charge in [-0.2, -0.15) is 0 Å². The lowest BCUT2D eigenvalue weighted by molar-refractivity contribution is 1.02. The van der Waals surface area contributed by atoms with Gasteiger partial charge in [0.15, 0.2) is 0 Å². The Morgan fingerprint density at radius 2 is 0.897 bits per heavy atom. The number of thiophene rings is 1. The van der Waals surface area contributed by atoms with Crippen molar-refractivity contribution in [2.75, 3.05) is 0 Å². The lowest BCUT2D eigenvalue weighted by Gasteiger charge is -2.13. The molecule has 0 saturated heterocycles. The second-order valence-corrected chi connectivity index (χ2v) is 16.7. The van der Waals surface area contributed by atoms with Crippen molar-refractivity contribution in [2.24, 2.45) is 0 Å². The molecule has 0 fully saturated rings. The second-order valence-electron chi connectivity index (χ2n) is 15.6. The molecule has 1 aliphatic carbocycles. The van der Waals surface area contributed by atoms with E-state index in [1.807, 2.05) is 11.3 Å². The van der Waals surface area contributed by atoms with Crippen molar-refractivity contribution >= 4 is 98.2 Å². The Morgan fingerprint density at radius 3 is 1.64 bits per heavy atom. The zero-order chi connectivity index (χ0) is 37.9. The molecule has 0 aliphatic heterocycles. The molecule has 4 aromatic heterocycles. The molecule has 8 aromatic carbocycles. The van der Waals surface area contributed by atoms with Crippen LogP contribution in [0.1, 0.15) is 12.8 Å². The van der Waals surface area contributed by atoms with Crippen LogP contribution < -0.4 is 10.6 Å². The smallest absolute Gasteiger partial charge is 0.0562 e. The van der Waals surface area contributed by atoms with Gasteiger partial charge < -0.3 is 13.7 Å². The van der Waals surface area contributed by atoms with Crippen LogP contribution in [0.15, 0.2) is 176 Å². The van der Waals surface area contributed by atoms with Gasteiger partial charge in [-0.15, -0.1) is 11.3 Å². The van der Waals surface area contributed by atoms with Gasteiger partial charge in [0.1, 0.15) is 0 Å². The second kappa shape index (κ2) is 12.2. The van der Waals surface area contributed by atoms with Crippen molar-refractivity contribution in [1.29, 1.82) is 0 Å². The minimum atomic E-state index is 1.07. The van der Waals surface area contributed by atoms with Crippen LogP contribution >= 0.6 is 11.3 Å². The molecule has 4 heterocycles. The zero-order valence-corrected chi connectivity index (χ0v) is 32.4. The summed E-state index contributed by atoms with van der Waals surface area (Å²) in [4.78, 5) is 0. The van der Waals surface area contributed by atoms with Gasteiger partial charge in [-0.25, -0.2) is 0 Å². The van der Waals surface area contributed by atoms with Crippen LogP contribution in [0.5, 0.6) is 0 Å². The minimum Gasteiger partial charge on any atom is -0.310 e. The van der Waals surface area contributed by atoms with Gasteiger partial charge >= 0.3 is 0 Å². The summed E-state index contributed by atoms with van der Waals surface area (Å²) in [5.74, 6) is 0. The maximum Gasteiger partial charge on any atom is 0.0562 e. The van der Waals surface area contributed by atoms with E-state index in [2.05, 4.69) is 202 Å². The number of hydrogen-bond donors (Lipinski definition) is 0. The van der Waals surface area contributed by atoms with E-state index in [1.165, 1.54) is 102 Å². The third-order valence-corrected chi connectivity index (χ3v) is 13.6. The Balaban J connectivity index is 1.00. The van der Waals surface area contributed by atoms with E-state index in [1.54, 1.807) is 0 Å². The van der Waals surface area contributed by atoms with Crippen molar-refractivity contribution in [3.63, 3.8) is 0 Å². The summed E-state index contributed by atoms with van der Waals surface area (Å²) in [6.07, 6.45) is 6.97. The maximum absolute atomic E-state index is 2.46. The Morgan fingerprint density at radius 1 is 0.328 bits per heavy atom. The van der Waals surface area contributed by atoms with Gasteiger partial charge in [-0.3, -0.25) is 0 Å². The molecule has 0 saturated carbocycles. The molecule has 0 amide bonds. The van der Waals surface area contributed by atoms with Gasteiger partial charge in [0.2, 0.25) is 0 Å². The predicted molar refractivity (Wildman–Crippen MR) is 248 cm³/mol. The first-order valence-corrected chi connectivity index (χ1v) is 21.0. The number of aromatic nitrogens is 3. The molecule has 0 N–H and O–H groups in total. The Labute approximate surface area is 337 Å². The summed E-state index contributed by atoms with van der Waals surface area (Å²) in [5.41, 5.74) is 12.0. The number of benzene rings is 8. The molecular formula is C54H35N3S. The molecule has 0 spiro atoms. The van der Waals surface area contributed by atoms with Crippen LogP contribution in [0.4, 0.5) is 0 Å². The SMILES string of the molecule is C1=c2c(n(-c3ccc(-n4c5ccccc5c5cc6c7ccccc7n(-c7cccc(-c8ccc9c(c8)sc8ccccc89)c7)c6cc54)cc3)c3ccccc23)=CCC1. The van der Waals surface area contributed by atoms with Gasteiger partial charge in [0.05, 0.1) is 27.6 Å². The van der Waals surface area contributed by atoms with Crippen molar-refractivity contribution in [1.82, 2.24) is 13.7 Å². The fourth-order valence-electron chi connectivity index (χ4n) is 9.89. The van der Waals surface area contributed by atoms with E-state index in [-0.39, 0.29) is 0 Å². The number of rotatable bonds is 4. The van der Waals surface area contributed by atoms with E-state index >= 15 is 0 Å². The Hall–Kier alpha value is -7.14. The van der Waals surface area contributed by atoms with Crippen LogP contribution in [0, 0.1) is 0 Å². The topological polar surface area (TPSA) is 14.8 Å². The molecular weight excluding hydrogens is 723 g/mol.